The topological polar surface area (TPSA) is 32.7 Å². The average molecular weight is 241 g/mol. The molecule has 1 saturated carbocycles. The van der Waals surface area contributed by atoms with Crippen LogP contribution in [0.3, 0.4) is 0 Å². The van der Waals surface area contributed by atoms with Crippen LogP contribution in [0.4, 0.5) is 0 Å². The molecule has 1 aliphatic rings. The van der Waals surface area contributed by atoms with Crippen LogP contribution in [0.2, 0.25) is 0 Å². The van der Waals surface area contributed by atoms with Crippen LogP contribution in [-0.4, -0.2) is 37.3 Å². The van der Waals surface area contributed by atoms with Crippen LogP contribution in [0.25, 0.3) is 0 Å². The lowest BCUT2D eigenvalue weighted by Crippen LogP contribution is -2.19. The number of hydrogen-bond donors (Lipinski definition) is 1. The molecule has 1 fully saturated rings. The Morgan fingerprint density at radius 3 is 2.81 bits per heavy atom. The van der Waals surface area contributed by atoms with Gasteiger partial charge in [0.1, 0.15) is 12.4 Å². The highest BCUT2D eigenvalue weighted by molar-refractivity contribution is 7.12. The van der Waals surface area contributed by atoms with Crippen molar-refractivity contribution in [2.75, 3.05) is 27.2 Å². The lowest BCUT2D eigenvalue weighted by atomic mass is 10.3. The van der Waals surface area contributed by atoms with Crippen LogP contribution in [0.5, 0.6) is 5.75 Å². The fraction of sp³-hybridized carbons (Fsp3) is 0.667. The molecule has 3 nitrogen and oxygen atoms in total. The van der Waals surface area contributed by atoms with Gasteiger partial charge in [-0.25, -0.2) is 0 Å². The van der Waals surface area contributed by atoms with Crippen LogP contribution >= 0.6 is 11.3 Å². The standard InChI is InChI=1S/C12H19NO2S/c1-13(2)5-6-15-10-7-11(9-3-4-9)16-12(10)8-14/h7,9,14H,3-6,8H2,1-2H3. The molecule has 90 valence electrons. The highest BCUT2D eigenvalue weighted by Crippen LogP contribution is 2.46. The molecule has 0 atom stereocenters. The Hall–Kier alpha value is -0.580. The molecule has 1 heterocycles. The van der Waals surface area contributed by atoms with E-state index in [0.29, 0.717) is 6.61 Å². The lowest BCUT2D eigenvalue weighted by molar-refractivity contribution is 0.246. The molecule has 16 heavy (non-hydrogen) atoms. The first-order valence-electron chi connectivity index (χ1n) is 5.71. The van der Waals surface area contributed by atoms with E-state index in [2.05, 4.69) is 11.0 Å². The van der Waals surface area contributed by atoms with Crippen molar-refractivity contribution in [2.24, 2.45) is 0 Å². The molecule has 1 aromatic rings. The molecule has 1 aliphatic carbocycles. The van der Waals surface area contributed by atoms with E-state index < -0.39 is 0 Å². The molecule has 1 N–H and O–H groups in total. The zero-order valence-corrected chi connectivity index (χ0v) is 10.7. The van der Waals surface area contributed by atoms with Gasteiger partial charge < -0.3 is 14.7 Å². The first-order valence-corrected chi connectivity index (χ1v) is 6.53. The van der Waals surface area contributed by atoms with Crippen molar-refractivity contribution in [3.63, 3.8) is 0 Å². The highest BCUT2D eigenvalue weighted by atomic mass is 32.1. The Balaban J connectivity index is 1.95. The highest BCUT2D eigenvalue weighted by Gasteiger charge is 2.26. The second-order valence-corrected chi connectivity index (χ2v) is 5.69. The molecule has 1 aromatic heterocycles. The van der Waals surface area contributed by atoms with E-state index in [9.17, 15) is 5.11 Å². The summed E-state index contributed by atoms with van der Waals surface area (Å²) in [5.74, 6) is 1.62. The quantitative estimate of drug-likeness (QED) is 0.827. The van der Waals surface area contributed by atoms with Crippen LogP contribution < -0.4 is 4.74 Å². The molecule has 0 radical (unpaired) electrons. The maximum absolute atomic E-state index is 9.26. The van der Waals surface area contributed by atoms with E-state index in [4.69, 9.17) is 4.74 Å². The Labute approximate surface area is 101 Å². The first-order chi connectivity index (χ1) is 7.70. The van der Waals surface area contributed by atoms with Gasteiger partial charge in [0.2, 0.25) is 0 Å². The van der Waals surface area contributed by atoms with Crippen LogP contribution in [0, 0.1) is 0 Å². The summed E-state index contributed by atoms with van der Waals surface area (Å²) >= 11 is 1.70. The molecule has 0 aromatic carbocycles. The summed E-state index contributed by atoms with van der Waals surface area (Å²) in [4.78, 5) is 4.44. The van der Waals surface area contributed by atoms with Crippen LogP contribution in [-0.2, 0) is 6.61 Å². The van der Waals surface area contributed by atoms with Crippen molar-refractivity contribution in [1.29, 1.82) is 0 Å². The molecule has 0 aliphatic heterocycles. The fourth-order valence-corrected chi connectivity index (χ4v) is 2.71. The Morgan fingerprint density at radius 2 is 2.25 bits per heavy atom. The van der Waals surface area contributed by atoms with Gasteiger partial charge in [0.15, 0.2) is 0 Å². The van der Waals surface area contributed by atoms with E-state index in [0.717, 1.165) is 23.1 Å². The minimum Gasteiger partial charge on any atom is -0.491 e. The van der Waals surface area contributed by atoms with Crippen LogP contribution in [0.15, 0.2) is 6.07 Å². The molecular formula is C12H19NO2S. The number of thiophene rings is 1. The smallest absolute Gasteiger partial charge is 0.135 e. The maximum Gasteiger partial charge on any atom is 0.135 e. The van der Waals surface area contributed by atoms with E-state index in [1.165, 1.54) is 17.7 Å². The van der Waals surface area contributed by atoms with E-state index in [-0.39, 0.29) is 6.61 Å². The summed E-state index contributed by atoms with van der Waals surface area (Å²) in [6, 6.07) is 2.11. The number of ether oxygens (including phenoxy) is 1. The molecule has 2 rings (SSSR count). The third kappa shape index (κ3) is 2.97. The number of nitrogens with zero attached hydrogens (tertiary/aromatic N) is 1. The average Bonchev–Trinajstić information content (AvgIpc) is 3.00. The molecule has 0 amide bonds. The monoisotopic (exact) mass is 241 g/mol. The predicted octanol–water partition coefficient (Wildman–Crippen LogP) is 2.06. The first kappa shape index (κ1) is 11.9. The van der Waals surface area contributed by atoms with Gasteiger partial charge in [-0.15, -0.1) is 11.3 Å². The summed E-state index contributed by atoms with van der Waals surface area (Å²) in [7, 11) is 4.05. The summed E-state index contributed by atoms with van der Waals surface area (Å²) in [6.07, 6.45) is 2.59. The van der Waals surface area contributed by atoms with Crippen molar-refractivity contribution in [1.82, 2.24) is 4.90 Å². The number of rotatable bonds is 6. The van der Waals surface area contributed by atoms with Gasteiger partial charge in [-0.05, 0) is 38.9 Å². The van der Waals surface area contributed by atoms with Crippen molar-refractivity contribution >= 4 is 11.3 Å². The van der Waals surface area contributed by atoms with E-state index in [1.807, 2.05) is 14.1 Å². The summed E-state index contributed by atoms with van der Waals surface area (Å²) < 4.78 is 5.71. The molecule has 0 spiro atoms. The zero-order chi connectivity index (χ0) is 11.5. The molecule has 0 unspecified atom stereocenters. The maximum atomic E-state index is 9.26. The molecule has 0 saturated heterocycles. The molecule has 4 heteroatoms. The van der Waals surface area contributed by atoms with Gasteiger partial charge in [-0.2, -0.15) is 0 Å². The number of aliphatic hydroxyl groups excluding tert-OH is 1. The number of hydrogen-bond acceptors (Lipinski definition) is 4. The second kappa shape index (κ2) is 5.17. The normalized spacial score (nSPS) is 15.8. The van der Waals surface area contributed by atoms with Gasteiger partial charge >= 0.3 is 0 Å². The van der Waals surface area contributed by atoms with E-state index in [1.54, 1.807) is 11.3 Å². The number of likely N-dealkylation sites (N-methyl/N-ethyl adjacent to an activating group) is 1. The predicted molar refractivity (Wildman–Crippen MR) is 66.3 cm³/mol. The van der Waals surface area contributed by atoms with Crippen molar-refractivity contribution in [3.05, 3.63) is 15.8 Å². The third-order valence-electron chi connectivity index (χ3n) is 2.71. The number of aliphatic hydroxyl groups is 1. The minimum absolute atomic E-state index is 0.0919. The molecule has 0 bridgehead atoms. The Morgan fingerprint density at radius 1 is 1.50 bits per heavy atom. The van der Waals surface area contributed by atoms with Crippen molar-refractivity contribution in [2.45, 2.75) is 25.4 Å². The van der Waals surface area contributed by atoms with Gasteiger partial charge in [0, 0.05) is 11.4 Å². The van der Waals surface area contributed by atoms with Gasteiger partial charge in [-0.1, -0.05) is 0 Å². The minimum atomic E-state index is 0.0919. The Kier molecular flexibility index (Phi) is 3.84. The fourth-order valence-electron chi connectivity index (χ4n) is 1.57. The zero-order valence-electron chi connectivity index (χ0n) is 9.90. The van der Waals surface area contributed by atoms with Gasteiger partial charge in [-0.3, -0.25) is 0 Å². The SMILES string of the molecule is CN(C)CCOc1cc(C2CC2)sc1CO. The van der Waals surface area contributed by atoms with Gasteiger partial charge in [0.05, 0.1) is 11.5 Å². The second-order valence-electron chi connectivity index (χ2n) is 4.52. The largest absolute Gasteiger partial charge is 0.491 e. The lowest BCUT2D eigenvalue weighted by Gasteiger charge is -2.10. The summed E-state index contributed by atoms with van der Waals surface area (Å²) in [5, 5.41) is 9.26. The van der Waals surface area contributed by atoms with Crippen molar-refractivity contribution < 1.29 is 9.84 Å². The Bertz CT molecular complexity index is 345. The molecular weight excluding hydrogens is 222 g/mol. The summed E-state index contributed by atoms with van der Waals surface area (Å²) in [6.45, 7) is 1.68. The third-order valence-corrected chi connectivity index (χ3v) is 3.97. The van der Waals surface area contributed by atoms with Crippen LogP contribution in [0.1, 0.15) is 28.5 Å². The van der Waals surface area contributed by atoms with Gasteiger partial charge in [0.25, 0.3) is 0 Å². The summed E-state index contributed by atoms with van der Waals surface area (Å²) in [5.41, 5.74) is 0. The van der Waals surface area contributed by atoms with Crippen molar-refractivity contribution in [3.8, 4) is 5.75 Å². The van der Waals surface area contributed by atoms with E-state index >= 15 is 0 Å².